The van der Waals surface area contributed by atoms with E-state index in [1.54, 1.807) is 28.7 Å². The molecule has 1 N–H and O–H groups in total. The van der Waals surface area contributed by atoms with Gasteiger partial charge in [-0.1, -0.05) is 0 Å². The van der Waals surface area contributed by atoms with Gasteiger partial charge in [-0.2, -0.15) is 18.4 Å². The van der Waals surface area contributed by atoms with Crippen LogP contribution in [-0.4, -0.2) is 5.11 Å². The largest absolute Gasteiger partial charge is 0.416 e. The van der Waals surface area contributed by atoms with Gasteiger partial charge in [0.05, 0.1) is 17.7 Å². The maximum atomic E-state index is 12.5. The summed E-state index contributed by atoms with van der Waals surface area (Å²) in [5.74, 6) is 0. The Kier molecular flexibility index (Phi) is 3.57. The Morgan fingerprint density at radius 3 is 2.40 bits per heavy atom. The van der Waals surface area contributed by atoms with Gasteiger partial charge in [0.1, 0.15) is 6.07 Å². The van der Waals surface area contributed by atoms with Crippen LogP contribution < -0.4 is 0 Å². The van der Waals surface area contributed by atoms with Gasteiger partial charge in [-0.05, 0) is 40.3 Å². The standard InChI is InChI=1S/C9H5F3INO/c10-9(11,12)7-2-8(13)5(3-14)1-6(7)4-15/h1-2,15H,4H2. The summed E-state index contributed by atoms with van der Waals surface area (Å²) in [6.07, 6.45) is -4.51. The second-order valence-electron chi connectivity index (χ2n) is 2.76. The molecule has 0 atom stereocenters. The molecule has 0 aliphatic heterocycles. The van der Waals surface area contributed by atoms with Gasteiger partial charge in [-0.15, -0.1) is 0 Å². The fraction of sp³-hybridized carbons (Fsp3) is 0.222. The van der Waals surface area contributed by atoms with Crippen LogP contribution >= 0.6 is 22.6 Å². The third-order valence-corrected chi connectivity index (χ3v) is 2.68. The van der Waals surface area contributed by atoms with Gasteiger partial charge in [0.15, 0.2) is 0 Å². The van der Waals surface area contributed by atoms with Gasteiger partial charge in [-0.25, -0.2) is 0 Å². The molecule has 0 radical (unpaired) electrons. The smallest absolute Gasteiger partial charge is 0.392 e. The Morgan fingerprint density at radius 2 is 2.00 bits per heavy atom. The fourth-order valence-electron chi connectivity index (χ4n) is 1.10. The second-order valence-corrected chi connectivity index (χ2v) is 3.92. The van der Waals surface area contributed by atoms with E-state index in [1.807, 2.05) is 0 Å². The molecule has 0 bridgehead atoms. The van der Waals surface area contributed by atoms with Crippen molar-refractivity contribution in [1.29, 1.82) is 5.26 Å². The molecule has 0 amide bonds. The predicted octanol–water partition coefficient (Wildman–Crippen LogP) is 2.67. The zero-order chi connectivity index (χ0) is 11.6. The van der Waals surface area contributed by atoms with Crippen molar-refractivity contribution >= 4 is 22.6 Å². The monoisotopic (exact) mass is 327 g/mol. The minimum absolute atomic E-state index is 0.132. The van der Waals surface area contributed by atoms with E-state index >= 15 is 0 Å². The Morgan fingerprint density at radius 1 is 1.40 bits per heavy atom. The lowest BCUT2D eigenvalue weighted by Gasteiger charge is -2.12. The molecule has 0 heterocycles. The molecule has 6 heteroatoms. The highest BCUT2D eigenvalue weighted by atomic mass is 127. The number of alkyl halides is 3. The van der Waals surface area contributed by atoms with Crippen LogP contribution in [0.25, 0.3) is 0 Å². The summed E-state index contributed by atoms with van der Waals surface area (Å²) in [5, 5.41) is 17.4. The van der Waals surface area contributed by atoms with E-state index in [2.05, 4.69) is 0 Å². The number of hydrogen-bond donors (Lipinski definition) is 1. The lowest BCUT2D eigenvalue weighted by molar-refractivity contribution is -0.138. The van der Waals surface area contributed by atoms with Crippen molar-refractivity contribution in [2.75, 3.05) is 0 Å². The zero-order valence-corrected chi connectivity index (χ0v) is 9.43. The molecule has 0 spiro atoms. The molecule has 0 saturated heterocycles. The molecule has 0 aromatic heterocycles. The van der Waals surface area contributed by atoms with E-state index in [-0.39, 0.29) is 14.7 Å². The molecule has 2 nitrogen and oxygen atoms in total. The average Bonchev–Trinajstić information content (AvgIpc) is 2.16. The minimum Gasteiger partial charge on any atom is -0.392 e. The highest BCUT2D eigenvalue weighted by Crippen LogP contribution is 2.34. The summed E-state index contributed by atoms with van der Waals surface area (Å²) in [6, 6.07) is 3.69. The Labute approximate surface area is 97.5 Å². The highest BCUT2D eigenvalue weighted by Gasteiger charge is 2.33. The summed E-state index contributed by atoms with van der Waals surface area (Å²) in [7, 11) is 0. The SMILES string of the molecule is N#Cc1cc(CO)c(C(F)(F)F)cc1I. The molecule has 0 unspecified atom stereocenters. The molecule has 1 aromatic carbocycles. The molecule has 0 saturated carbocycles. The van der Waals surface area contributed by atoms with E-state index in [9.17, 15) is 13.2 Å². The van der Waals surface area contributed by atoms with Crippen LogP contribution in [-0.2, 0) is 12.8 Å². The maximum Gasteiger partial charge on any atom is 0.416 e. The third kappa shape index (κ3) is 2.60. The van der Waals surface area contributed by atoms with Crippen LogP contribution in [0, 0.1) is 14.9 Å². The van der Waals surface area contributed by atoms with Crippen molar-refractivity contribution in [3.8, 4) is 6.07 Å². The Hall–Kier alpha value is -0.810. The van der Waals surface area contributed by atoms with E-state index in [0.717, 1.165) is 12.1 Å². The molecule has 0 aliphatic carbocycles. The Bertz CT molecular complexity index is 423. The summed E-state index contributed by atoms with van der Waals surface area (Å²) >= 11 is 1.65. The van der Waals surface area contributed by atoms with E-state index in [0.29, 0.717) is 0 Å². The molecule has 1 aromatic rings. The first-order chi connectivity index (χ1) is 6.90. The van der Waals surface area contributed by atoms with Gasteiger partial charge in [0, 0.05) is 3.57 Å². The van der Waals surface area contributed by atoms with Gasteiger partial charge < -0.3 is 5.11 Å². The van der Waals surface area contributed by atoms with Crippen molar-refractivity contribution in [3.63, 3.8) is 0 Å². The number of benzene rings is 1. The lowest BCUT2D eigenvalue weighted by atomic mass is 10.0. The first-order valence-electron chi connectivity index (χ1n) is 3.80. The van der Waals surface area contributed by atoms with Crippen molar-refractivity contribution in [1.82, 2.24) is 0 Å². The fourth-order valence-corrected chi connectivity index (χ4v) is 1.69. The lowest BCUT2D eigenvalue weighted by Crippen LogP contribution is -2.10. The first kappa shape index (κ1) is 12.3. The van der Waals surface area contributed by atoms with Crippen LogP contribution in [0.15, 0.2) is 12.1 Å². The van der Waals surface area contributed by atoms with Crippen molar-refractivity contribution in [2.24, 2.45) is 0 Å². The van der Waals surface area contributed by atoms with Gasteiger partial charge >= 0.3 is 6.18 Å². The van der Waals surface area contributed by atoms with Crippen LogP contribution in [0.1, 0.15) is 16.7 Å². The van der Waals surface area contributed by atoms with Crippen molar-refractivity contribution < 1.29 is 18.3 Å². The van der Waals surface area contributed by atoms with Crippen LogP contribution in [0.3, 0.4) is 0 Å². The molecule has 0 aliphatic rings. The van der Waals surface area contributed by atoms with Gasteiger partial charge in [-0.3, -0.25) is 0 Å². The number of nitrogens with zero attached hydrogens (tertiary/aromatic N) is 1. The number of nitriles is 1. The van der Waals surface area contributed by atoms with Gasteiger partial charge in [0.2, 0.25) is 0 Å². The Balaban J connectivity index is 3.42. The molecule has 1 rings (SSSR count). The molecular weight excluding hydrogens is 322 g/mol. The first-order valence-corrected chi connectivity index (χ1v) is 4.88. The van der Waals surface area contributed by atoms with Crippen molar-refractivity contribution in [3.05, 3.63) is 32.4 Å². The summed E-state index contributed by atoms with van der Waals surface area (Å²) in [5.41, 5.74) is -1.04. The van der Waals surface area contributed by atoms with Crippen LogP contribution in [0.4, 0.5) is 13.2 Å². The third-order valence-electron chi connectivity index (χ3n) is 1.79. The molecule has 0 fully saturated rings. The number of aliphatic hydroxyl groups is 1. The van der Waals surface area contributed by atoms with E-state index in [4.69, 9.17) is 10.4 Å². The maximum absolute atomic E-state index is 12.5. The highest BCUT2D eigenvalue weighted by molar-refractivity contribution is 14.1. The molecule has 15 heavy (non-hydrogen) atoms. The topological polar surface area (TPSA) is 44.0 Å². The number of rotatable bonds is 1. The van der Waals surface area contributed by atoms with Crippen molar-refractivity contribution in [2.45, 2.75) is 12.8 Å². The summed E-state index contributed by atoms with van der Waals surface area (Å²) in [4.78, 5) is 0. The van der Waals surface area contributed by atoms with E-state index in [1.165, 1.54) is 0 Å². The van der Waals surface area contributed by atoms with Gasteiger partial charge in [0.25, 0.3) is 0 Å². The van der Waals surface area contributed by atoms with Crippen LogP contribution in [0.5, 0.6) is 0 Å². The quantitative estimate of drug-likeness (QED) is 0.806. The normalized spacial score (nSPS) is 11.2. The number of hydrogen-bond acceptors (Lipinski definition) is 2. The molecular formula is C9H5F3INO. The zero-order valence-electron chi connectivity index (χ0n) is 7.27. The number of aliphatic hydroxyl groups excluding tert-OH is 1. The minimum atomic E-state index is -4.51. The molecule has 80 valence electrons. The summed E-state index contributed by atoms with van der Waals surface area (Å²) in [6.45, 7) is -0.736. The predicted molar refractivity (Wildman–Crippen MR) is 54.8 cm³/mol. The summed E-state index contributed by atoms with van der Waals surface area (Å²) < 4.78 is 37.6. The number of halogens is 4. The van der Waals surface area contributed by atoms with E-state index < -0.39 is 18.3 Å². The average molecular weight is 327 g/mol. The second kappa shape index (κ2) is 4.37. The van der Waals surface area contributed by atoms with Crippen LogP contribution in [0.2, 0.25) is 0 Å².